The van der Waals surface area contributed by atoms with Crippen LogP contribution in [0.1, 0.15) is 38.2 Å². The zero-order chi connectivity index (χ0) is 23.1. The second kappa shape index (κ2) is 8.42. The third-order valence-corrected chi connectivity index (χ3v) is 6.63. The number of ether oxygens (including phenoxy) is 1. The first kappa shape index (κ1) is 20.6. The molecule has 2 aromatic carbocycles. The molecule has 34 heavy (non-hydrogen) atoms. The van der Waals surface area contributed by atoms with Gasteiger partial charge in [0.25, 0.3) is 11.8 Å². The zero-order valence-corrected chi connectivity index (χ0v) is 18.6. The normalized spacial score (nSPS) is 18.2. The number of nitrogens with one attached hydrogen (secondary N) is 1. The fourth-order valence-corrected chi connectivity index (χ4v) is 4.68. The fourth-order valence-electron chi connectivity index (χ4n) is 4.68. The molecule has 1 atom stereocenters. The Balaban J connectivity index is 1.11. The van der Waals surface area contributed by atoms with Crippen LogP contribution in [-0.4, -0.2) is 67.8 Å². The Morgan fingerprint density at radius 3 is 2.50 bits per heavy atom. The summed E-state index contributed by atoms with van der Waals surface area (Å²) in [7, 11) is 0. The molecule has 0 radical (unpaired) electrons. The van der Waals surface area contributed by atoms with E-state index < -0.39 is 0 Å². The van der Waals surface area contributed by atoms with Crippen molar-refractivity contribution < 1.29 is 14.3 Å². The summed E-state index contributed by atoms with van der Waals surface area (Å²) in [5, 5.41) is 9.42. The highest BCUT2D eigenvalue weighted by molar-refractivity contribution is 5.98. The van der Waals surface area contributed by atoms with Crippen LogP contribution in [0, 0.1) is 0 Å². The van der Waals surface area contributed by atoms with Crippen molar-refractivity contribution in [2.75, 3.05) is 26.2 Å². The molecule has 0 bridgehead atoms. The lowest BCUT2D eigenvalue weighted by Crippen LogP contribution is -2.50. The molecule has 1 unspecified atom stereocenters. The number of nitrogens with zero attached hydrogens (tertiary/aromatic N) is 5. The van der Waals surface area contributed by atoms with Crippen LogP contribution in [0.25, 0.3) is 10.9 Å². The summed E-state index contributed by atoms with van der Waals surface area (Å²) in [6.07, 6.45) is 1.75. The maximum Gasteiger partial charge on any atom is 0.276 e. The van der Waals surface area contributed by atoms with Crippen LogP contribution < -0.4 is 0 Å². The van der Waals surface area contributed by atoms with Gasteiger partial charge in [-0.3, -0.25) is 9.59 Å². The first-order valence-electron chi connectivity index (χ1n) is 11.4. The average Bonchev–Trinajstić information content (AvgIpc) is 3.54. The van der Waals surface area contributed by atoms with Crippen LogP contribution >= 0.6 is 0 Å². The van der Waals surface area contributed by atoms with Crippen LogP contribution in [0.5, 0.6) is 0 Å². The molecule has 2 aliphatic heterocycles. The van der Waals surface area contributed by atoms with E-state index in [0.717, 1.165) is 16.5 Å². The maximum atomic E-state index is 13.2. The van der Waals surface area contributed by atoms with Gasteiger partial charge in [0.2, 0.25) is 0 Å². The van der Waals surface area contributed by atoms with Crippen molar-refractivity contribution in [2.45, 2.75) is 19.3 Å². The summed E-state index contributed by atoms with van der Waals surface area (Å²) in [4.78, 5) is 32.9. The molecule has 6 rings (SSSR count). The number of carbonyl (C=O) groups is 2. The van der Waals surface area contributed by atoms with Crippen LogP contribution in [0.15, 0.2) is 60.8 Å². The summed E-state index contributed by atoms with van der Waals surface area (Å²) in [6.45, 7) is 2.67. The molecule has 4 heterocycles. The van der Waals surface area contributed by atoms with Gasteiger partial charge in [0.15, 0.2) is 5.69 Å². The molecule has 1 fully saturated rings. The lowest BCUT2D eigenvalue weighted by Gasteiger charge is -2.34. The first-order valence-corrected chi connectivity index (χ1v) is 11.4. The number of fused-ring (bicyclic) bond motifs is 2. The highest BCUT2D eigenvalue weighted by Gasteiger charge is 2.32. The first-order chi connectivity index (χ1) is 16.7. The Morgan fingerprint density at radius 2 is 1.71 bits per heavy atom. The van der Waals surface area contributed by atoms with E-state index in [-0.39, 0.29) is 24.5 Å². The quantitative estimate of drug-likeness (QED) is 0.511. The molecule has 1 N–H and O–H groups in total. The third-order valence-electron chi connectivity index (χ3n) is 6.63. The molecule has 0 spiro atoms. The Hall–Kier alpha value is -3.98. The van der Waals surface area contributed by atoms with Gasteiger partial charge in [-0.15, -0.1) is 5.10 Å². The molecule has 9 heteroatoms. The molecule has 0 saturated carbocycles. The highest BCUT2D eigenvalue weighted by Crippen LogP contribution is 2.27. The number of H-pyrrole nitrogens is 1. The van der Waals surface area contributed by atoms with Gasteiger partial charge < -0.3 is 19.5 Å². The minimum Gasteiger partial charge on any atom is -0.365 e. The second-order valence-corrected chi connectivity index (χ2v) is 8.64. The van der Waals surface area contributed by atoms with Crippen molar-refractivity contribution in [3.05, 3.63) is 83.3 Å². The number of rotatable bonds is 3. The van der Waals surface area contributed by atoms with E-state index in [0.29, 0.717) is 49.7 Å². The third kappa shape index (κ3) is 3.63. The smallest absolute Gasteiger partial charge is 0.276 e. The van der Waals surface area contributed by atoms with Crippen LogP contribution in [-0.2, 0) is 17.9 Å². The van der Waals surface area contributed by atoms with Crippen molar-refractivity contribution in [3.8, 4) is 0 Å². The summed E-state index contributed by atoms with van der Waals surface area (Å²) in [5.41, 5.74) is 3.78. The minimum absolute atomic E-state index is 0.0170. The van der Waals surface area contributed by atoms with Crippen molar-refractivity contribution in [1.29, 1.82) is 0 Å². The Labute approximate surface area is 195 Å². The fraction of sp³-hybridized carbons (Fsp3) is 0.280. The number of hydrogen-bond donors (Lipinski definition) is 1. The number of amides is 2. The van der Waals surface area contributed by atoms with Crippen molar-refractivity contribution >= 4 is 22.7 Å². The van der Waals surface area contributed by atoms with Gasteiger partial charge in [-0.05, 0) is 29.8 Å². The van der Waals surface area contributed by atoms with Gasteiger partial charge in [-0.2, -0.15) is 0 Å². The van der Waals surface area contributed by atoms with Gasteiger partial charge in [0.1, 0.15) is 6.10 Å². The number of hydrogen-bond acceptors (Lipinski definition) is 5. The molecule has 172 valence electrons. The van der Waals surface area contributed by atoms with Gasteiger partial charge in [-0.25, -0.2) is 4.68 Å². The van der Waals surface area contributed by atoms with Crippen molar-refractivity contribution in [1.82, 2.24) is 29.8 Å². The average molecular weight is 457 g/mol. The number of piperazine rings is 1. The molecule has 2 aliphatic rings. The van der Waals surface area contributed by atoms with E-state index in [1.165, 1.54) is 0 Å². The second-order valence-electron chi connectivity index (χ2n) is 8.64. The summed E-state index contributed by atoms with van der Waals surface area (Å²) in [6, 6.07) is 17.6. The number of benzene rings is 2. The largest absolute Gasteiger partial charge is 0.365 e. The monoisotopic (exact) mass is 456 g/mol. The molecule has 2 aromatic heterocycles. The maximum absolute atomic E-state index is 13.2. The van der Waals surface area contributed by atoms with Crippen LogP contribution in [0.3, 0.4) is 0 Å². The Morgan fingerprint density at radius 1 is 0.941 bits per heavy atom. The SMILES string of the molecule is O=C(c1ccc2[nH]ccc2c1)N1CCN(C(=O)c2nnn3c2COC(c2ccccc2)C3)CC1. The Bertz CT molecular complexity index is 1350. The minimum atomic E-state index is -0.163. The van der Waals surface area contributed by atoms with Gasteiger partial charge in [0.05, 0.1) is 18.8 Å². The van der Waals surface area contributed by atoms with E-state index >= 15 is 0 Å². The number of aromatic amines is 1. The lowest BCUT2D eigenvalue weighted by atomic mass is 10.1. The van der Waals surface area contributed by atoms with Gasteiger partial charge in [0, 0.05) is 48.8 Å². The van der Waals surface area contributed by atoms with E-state index in [1.54, 1.807) is 14.5 Å². The molecule has 9 nitrogen and oxygen atoms in total. The van der Waals surface area contributed by atoms with Crippen molar-refractivity contribution in [2.24, 2.45) is 0 Å². The van der Waals surface area contributed by atoms with Gasteiger partial charge >= 0.3 is 0 Å². The predicted octanol–water partition coefficient (Wildman–Crippen LogP) is 2.63. The molecule has 4 aromatic rings. The van der Waals surface area contributed by atoms with E-state index in [9.17, 15) is 9.59 Å². The van der Waals surface area contributed by atoms with E-state index in [1.807, 2.05) is 60.8 Å². The summed E-state index contributed by atoms with van der Waals surface area (Å²) in [5.74, 6) is -0.180. The predicted molar refractivity (Wildman–Crippen MR) is 124 cm³/mol. The van der Waals surface area contributed by atoms with E-state index in [4.69, 9.17) is 4.74 Å². The van der Waals surface area contributed by atoms with Gasteiger partial charge in [-0.1, -0.05) is 35.5 Å². The molecule has 0 aliphatic carbocycles. The van der Waals surface area contributed by atoms with Crippen LogP contribution in [0.2, 0.25) is 0 Å². The van der Waals surface area contributed by atoms with E-state index in [2.05, 4.69) is 15.3 Å². The zero-order valence-electron chi connectivity index (χ0n) is 18.6. The standard InChI is InChI=1S/C25H24N6O3/c32-24(19-6-7-20-18(14-19)8-9-26-20)29-10-12-30(13-11-29)25(33)23-21-16-34-22(15-31(21)28-27-23)17-4-2-1-3-5-17/h1-9,14,22,26H,10-13,15-16H2. The number of aromatic nitrogens is 4. The molecular formula is C25H24N6O3. The summed E-state index contributed by atoms with van der Waals surface area (Å²) >= 11 is 0. The van der Waals surface area contributed by atoms with Crippen molar-refractivity contribution in [3.63, 3.8) is 0 Å². The van der Waals surface area contributed by atoms with Crippen LogP contribution in [0.4, 0.5) is 0 Å². The molecular weight excluding hydrogens is 432 g/mol. The highest BCUT2D eigenvalue weighted by atomic mass is 16.5. The summed E-state index contributed by atoms with van der Waals surface area (Å²) < 4.78 is 7.79. The Kier molecular flexibility index (Phi) is 5.10. The molecule has 2 amide bonds. The lowest BCUT2D eigenvalue weighted by molar-refractivity contribution is -0.00202. The molecule has 1 saturated heterocycles. The number of carbonyl (C=O) groups excluding carboxylic acids is 2. The topological polar surface area (TPSA) is 96.4 Å².